The first-order valence-corrected chi connectivity index (χ1v) is 7.89. The molecule has 0 radical (unpaired) electrons. The van der Waals surface area contributed by atoms with Crippen molar-refractivity contribution in [1.82, 2.24) is 0 Å². The van der Waals surface area contributed by atoms with Gasteiger partial charge in [0.2, 0.25) is 0 Å². The number of aliphatic hydroxyl groups is 1. The van der Waals surface area contributed by atoms with Gasteiger partial charge in [-0.15, -0.1) is 0 Å². The Morgan fingerprint density at radius 1 is 1.12 bits per heavy atom. The van der Waals surface area contributed by atoms with Gasteiger partial charge in [0.1, 0.15) is 0 Å². The van der Waals surface area contributed by atoms with E-state index in [1.54, 1.807) is 31.2 Å². The summed E-state index contributed by atoms with van der Waals surface area (Å²) in [6.07, 6.45) is -0.387. The van der Waals surface area contributed by atoms with Crippen LogP contribution in [-0.2, 0) is 26.5 Å². The Kier molecular flexibility index (Phi) is 4.36. The molecule has 2 aromatic rings. The molecule has 0 saturated carbocycles. The third-order valence-electron chi connectivity index (χ3n) is 4.13. The highest BCUT2D eigenvalue weighted by molar-refractivity contribution is 6.08. The van der Waals surface area contributed by atoms with E-state index in [2.05, 4.69) is 0 Å². The summed E-state index contributed by atoms with van der Waals surface area (Å²) in [4.78, 5) is 26.3. The summed E-state index contributed by atoms with van der Waals surface area (Å²) in [5.41, 5.74) is 0.135. The molecule has 0 unspecified atom stereocenters. The second kappa shape index (κ2) is 6.45. The normalized spacial score (nSPS) is 19.2. The molecule has 0 aliphatic carbocycles. The summed E-state index contributed by atoms with van der Waals surface area (Å²) in [5, 5.41) is 11.0. The molecule has 0 fully saturated rings. The van der Waals surface area contributed by atoms with Gasteiger partial charge in [-0.3, -0.25) is 9.59 Å². The minimum absolute atomic E-state index is 0.207. The highest BCUT2D eigenvalue weighted by Gasteiger charge is 2.51. The Balaban J connectivity index is 1.96. The Hall–Kier alpha value is -2.66. The van der Waals surface area contributed by atoms with Crippen molar-refractivity contribution in [3.05, 3.63) is 65.7 Å². The molecule has 124 valence electrons. The SMILES string of the molecule is CCOC(=O)C[C@@]1(O)C(=O)N(Cc2ccccc2)c2ccccc21. The first kappa shape index (κ1) is 16.2. The van der Waals surface area contributed by atoms with E-state index in [1.807, 2.05) is 30.3 Å². The number of nitrogens with zero attached hydrogens (tertiary/aromatic N) is 1. The molecule has 1 heterocycles. The molecule has 0 aromatic heterocycles. The number of hydrogen-bond donors (Lipinski definition) is 1. The summed E-state index contributed by atoms with van der Waals surface area (Å²) >= 11 is 0. The van der Waals surface area contributed by atoms with Crippen LogP contribution in [0.15, 0.2) is 54.6 Å². The van der Waals surface area contributed by atoms with E-state index in [1.165, 1.54) is 4.90 Å². The van der Waals surface area contributed by atoms with Crippen molar-refractivity contribution < 1.29 is 19.4 Å². The number of rotatable bonds is 5. The van der Waals surface area contributed by atoms with E-state index in [9.17, 15) is 14.7 Å². The van der Waals surface area contributed by atoms with Crippen LogP contribution in [0.4, 0.5) is 5.69 Å². The summed E-state index contributed by atoms with van der Waals surface area (Å²) in [7, 11) is 0. The van der Waals surface area contributed by atoms with Crippen LogP contribution in [0.1, 0.15) is 24.5 Å². The van der Waals surface area contributed by atoms with Crippen LogP contribution in [0.5, 0.6) is 0 Å². The Bertz CT molecular complexity index is 759. The lowest BCUT2D eigenvalue weighted by Gasteiger charge is -2.22. The number of fused-ring (bicyclic) bond motifs is 1. The zero-order valence-electron chi connectivity index (χ0n) is 13.4. The number of carbonyl (C=O) groups excluding carboxylic acids is 2. The van der Waals surface area contributed by atoms with Gasteiger partial charge in [-0.05, 0) is 18.6 Å². The number of carbonyl (C=O) groups is 2. The van der Waals surface area contributed by atoms with Gasteiger partial charge in [0.15, 0.2) is 5.60 Å². The second-order valence-corrected chi connectivity index (χ2v) is 5.74. The van der Waals surface area contributed by atoms with E-state index < -0.39 is 17.5 Å². The minimum Gasteiger partial charge on any atom is -0.466 e. The maximum absolute atomic E-state index is 12.9. The van der Waals surface area contributed by atoms with E-state index in [-0.39, 0.29) is 13.0 Å². The average Bonchev–Trinajstić information content (AvgIpc) is 2.78. The molecule has 1 aliphatic rings. The molecule has 0 saturated heterocycles. The maximum Gasteiger partial charge on any atom is 0.309 e. The monoisotopic (exact) mass is 325 g/mol. The first-order chi connectivity index (χ1) is 11.6. The number of amides is 1. The third kappa shape index (κ3) is 2.78. The second-order valence-electron chi connectivity index (χ2n) is 5.74. The Morgan fingerprint density at radius 2 is 1.79 bits per heavy atom. The molecule has 2 aromatic carbocycles. The van der Waals surface area contributed by atoms with Gasteiger partial charge in [0, 0.05) is 5.56 Å². The van der Waals surface area contributed by atoms with Crippen molar-refractivity contribution >= 4 is 17.6 Å². The maximum atomic E-state index is 12.9. The van der Waals surface area contributed by atoms with Crippen molar-refractivity contribution in [2.45, 2.75) is 25.5 Å². The fourth-order valence-corrected chi connectivity index (χ4v) is 3.02. The number of anilines is 1. The molecule has 0 spiro atoms. The predicted molar refractivity (Wildman–Crippen MR) is 89.2 cm³/mol. The Labute approximate surface area is 140 Å². The highest BCUT2D eigenvalue weighted by atomic mass is 16.5. The summed E-state index contributed by atoms with van der Waals surface area (Å²) in [6, 6.07) is 16.5. The summed E-state index contributed by atoms with van der Waals surface area (Å²) in [5.74, 6) is -1.09. The predicted octanol–water partition coefficient (Wildman–Crippen LogP) is 2.37. The van der Waals surface area contributed by atoms with Gasteiger partial charge in [-0.1, -0.05) is 48.5 Å². The largest absolute Gasteiger partial charge is 0.466 e. The number of ether oxygens (including phenoxy) is 1. The van der Waals surface area contributed by atoms with Crippen molar-refractivity contribution in [1.29, 1.82) is 0 Å². The van der Waals surface area contributed by atoms with Crippen LogP contribution in [0.2, 0.25) is 0 Å². The lowest BCUT2D eigenvalue weighted by molar-refractivity contribution is -0.155. The number of para-hydroxylation sites is 1. The van der Waals surface area contributed by atoms with Gasteiger partial charge >= 0.3 is 5.97 Å². The van der Waals surface area contributed by atoms with Crippen LogP contribution >= 0.6 is 0 Å². The van der Waals surface area contributed by atoms with Gasteiger partial charge in [0.25, 0.3) is 5.91 Å². The van der Waals surface area contributed by atoms with E-state index in [0.29, 0.717) is 17.8 Å². The Morgan fingerprint density at radius 3 is 2.50 bits per heavy atom. The van der Waals surface area contributed by atoms with Crippen LogP contribution in [-0.4, -0.2) is 23.6 Å². The van der Waals surface area contributed by atoms with Gasteiger partial charge in [0.05, 0.1) is 25.3 Å². The fraction of sp³-hybridized carbons (Fsp3) is 0.263. The molecular formula is C19H19NO4. The van der Waals surface area contributed by atoms with Gasteiger partial charge in [-0.2, -0.15) is 0 Å². The lowest BCUT2D eigenvalue weighted by Crippen LogP contribution is -2.41. The van der Waals surface area contributed by atoms with Gasteiger partial charge in [-0.25, -0.2) is 0 Å². The fourth-order valence-electron chi connectivity index (χ4n) is 3.02. The van der Waals surface area contributed by atoms with Crippen LogP contribution in [0.25, 0.3) is 0 Å². The molecule has 5 nitrogen and oxygen atoms in total. The quantitative estimate of drug-likeness (QED) is 0.857. The van der Waals surface area contributed by atoms with Crippen molar-refractivity contribution in [2.75, 3.05) is 11.5 Å². The minimum atomic E-state index is -1.88. The molecule has 1 N–H and O–H groups in total. The molecule has 1 amide bonds. The van der Waals surface area contributed by atoms with Gasteiger partial charge < -0.3 is 14.7 Å². The summed E-state index contributed by atoms with van der Waals surface area (Å²) in [6.45, 7) is 2.23. The zero-order valence-corrected chi connectivity index (χ0v) is 13.4. The molecule has 24 heavy (non-hydrogen) atoms. The van der Waals surface area contributed by atoms with E-state index in [0.717, 1.165) is 5.56 Å². The molecule has 1 aliphatic heterocycles. The van der Waals surface area contributed by atoms with Crippen molar-refractivity contribution in [3.8, 4) is 0 Å². The first-order valence-electron chi connectivity index (χ1n) is 7.89. The van der Waals surface area contributed by atoms with Crippen molar-refractivity contribution in [3.63, 3.8) is 0 Å². The standard InChI is InChI=1S/C19H19NO4/c1-2-24-17(21)12-19(23)15-10-6-7-11-16(15)20(18(19)22)13-14-8-4-3-5-9-14/h3-11,23H,2,12-13H2,1H3/t19-/m0/s1. The summed E-state index contributed by atoms with van der Waals surface area (Å²) < 4.78 is 4.92. The topological polar surface area (TPSA) is 66.8 Å². The molecule has 1 atom stereocenters. The smallest absolute Gasteiger partial charge is 0.309 e. The zero-order chi connectivity index (χ0) is 17.2. The lowest BCUT2D eigenvalue weighted by atomic mass is 9.92. The number of esters is 1. The number of benzene rings is 2. The van der Waals surface area contributed by atoms with Crippen LogP contribution in [0.3, 0.4) is 0 Å². The molecule has 5 heteroatoms. The molecule has 0 bridgehead atoms. The van der Waals surface area contributed by atoms with Crippen LogP contribution in [0, 0.1) is 0 Å². The van der Waals surface area contributed by atoms with E-state index >= 15 is 0 Å². The van der Waals surface area contributed by atoms with E-state index in [4.69, 9.17) is 4.74 Å². The highest BCUT2D eigenvalue weighted by Crippen LogP contribution is 2.43. The third-order valence-corrected chi connectivity index (χ3v) is 4.13. The molecule has 3 rings (SSSR count). The van der Waals surface area contributed by atoms with Crippen LogP contribution < -0.4 is 4.90 Å². The van der Waals surface area contributed by atoms with Crippen molar-refractivity contribution in [2.24, 2.45) is 0 Å². The average molecular weight is 325 g/mol. The number of hydrogen-bond acceptors (Lipinski definition) is 4. The molecular weight excluding hydrogens is 306 g/mol.